The number of rotatable bonds is 3. The number of nitrogen functional groups attached to an aromatic ring is 1. The topological polar surface area (TPSA) is 60.2 Å². The molecule has 0 radical (unpaired) electrons. The predicted molar refractivity (Wildman–Crippen MR) is 74.7 cm³/mol. The Labute approximate surface area is 115 Å². The highest BCUT2D eigenvalue weighted by Gasteiger charge is 2.10. The van der Waals surface area contributed by atoms with Crippen LogP contribution in [0.25, 0.3) is 0 Å². The summed E-state index contributed by atoms with van der Waals surface area (Å²) in [5, 5.41) is 3.79. The lowest BCUT2D eigenvalue weighted by Gasteiger charge is -2.11. The number of anilines is 2. The van der Waals surface area contributed by atoms with Gasteiger partial charge >= 0.3 is 0 Å². The largest absolute Gasteiger partial charge is 0.453 e. The summed E-state index contributed by atoms with van der Waals surface area (Å²) in [6.45, 7) is 0. The number of benzene rings is 1. The third-order valence-corrected chi connectivity index (χ3v) is 2.83. The molecule has 94 valence electrons. The Balaban J connectivity index is 2.31. The van der Waals surface area contributed by atoms with Gasteiger partial charge in [0.05, 0.1) is 16.2 Å². The van der Waals surface area contributed by atoms with Gasteiger partial charge in [-0.2, -0.15) is 0 Å². The zero-order chi connectivity index (χ0) is 13.1. The number of pyridine rings is 1. The van der Waals surface area contributed by atoms with Crippen molar-refractivity contribution in [3.8, 4) is 11.5 Å². The molecular formula is C12H11Cl2N3O. The molecule has 0 amide bonds. The lowest BCUT2D eigenvalue weighted by Crippen LogP contribution is -1.93. The SMILES string of the molecule is CNc1cc(Cl)c(Oc2ccc(N)nc2)c(Cl)c1. The molecule has 2 aromatic rings. The van der Waals surface area contributed by atoms with Crippen molar-refractivity contribution in [3.05, 3.63) is 40.5 Å². The molecule has 18 heavy (non-hydrogen) atoms. The van der Waals surface area contributed by atoms with Crippen molar-refractivity contribution in [2.75, 3.05) is 18.1 Å². The van der Waals surface area contributed by atoms with Crippen LogP contribution in [0.2, 0.25) is 10.0 Å². The van der Waals surface area contributed by atoms with Gasteiger partial charge in [-0.1, -0.05) is 23.2 Å². The minimum atomic E-state index is 0.393. The van der Waals surface area contributed by atoms with Crippen LogP contribution in [-0.2, 0) is 0 Å². The van der Waals surface area contributed by atoms with E-state index < -0.39 is 0 Å². The molecule has 1 aromatic carbocycles. The van der Waals surface area contributed by atoms with Crippen LogP contribution >= 0.6 is 23.2 Å². The van der Waals surface area contributed by atoms with Gasteiger partial charge in [-0.05, 0) is 24.3 Å². The van der Waals surface area contributed by atoms with Crippen LogP contribution < -0.4 is 15.8 Å². The zero-order valence-corrected chi connectivity index (χ0v) is 11.1. The normalized spacial score (nSPS) is 10.2. The summed E-state index contributed by atoms with van der Waals surface area (Å²) in [6.07, 6.45) is 1.51. The van der Waals surface area contributed by atoms with E-state index in [1.54, 1.807) is 31.3 Å². The van der Waals surface area contributed by atoms with E-state index in [0.717, 1.165) is 5.69 Å². The van der Waals surface area contributed by atoms with Crippen molar-refractivity contribution in [1.82, 2.24) is 4.98 Å². The van der Waals surface area contributed by atoms with Crippen LogP contribution in [0.3, 0.4) is 0 Å². The highest BCUT2D eigenvalue weighted by Crippen LogP contribution is 2.38. The molecule has 6 heteroatoms. The molecule has 0 aliphatic carbocycles. The molecule has 4 nitrogen and oxygen atoms in total. The van der Waals surface area contributed by atoms with Gasteiger partial charge in [-0.3, -0.25) is 0 Å². The molecule has 0 atom stereocenters. The number of hydrogen-bond donors (Lipinski definition) is 2. The second kappa shape index (κ2) is 5.33. The number of ether oxygens (including phenoxy) is 1. The molecule has 0 spiro atoms. The van der Waals surface area contributed by atoms with Gasteiger partial charge < -0.3 is 15.8 Å². The van der Waals surface area contributed by atoms with Crippen molar-refractivity contribution in [3.63, 3.8) is 0 Å². The Kier molecular flexibility index (Phi) is 3.79. The smallest absolute Gasteiger partial charge is 0.164 e. The lowest BCUT2D eigenvalue weighted by atomic mass is 10.3. The van der Waals surface area contributed by atoms with Crippen LogP contribution in [0.4, 0.5) is 11.5 Å². The maximum absolute atomic E-state index is 6.10. The molecule has 1 heterocycles. The quantitative estimate of drug-likeness (QED) is 0.899. The molecule has 0 aliphatic heterocycles. The van der Waals surface area contributed by atoms with Crippen LogP contribution in [-0.4, -0.2) is 12.0 Å². The van der Waals surface area contributed by atoms with Gasteiger partial charge in [0.25, 0.3) is 0 Å². The second-order valence-corrected chi connectivity index (χ2v) is 4.35. The van der Waals surface area contributed by atoms with Gasteiger partial charge in [-0.15, -0.1) is 0 Å². The molecule has 0 bridgehead atoms. The average Bonchev–Trinajstić information content (AvgIpc) is 2.35. The minimum Gasteiger partial charge on any atom is -0.453 e. The first kappa shape index (κ1) is 12.8. The van der Waals surface area contributed by atoms with E-state index in [2.05, 4.69) is 10.3 Å². The van der Waals surface area contributed by atoms with Crippen molar-refractivity contribution < 1.29 is 4.74 Å². The number of nitrogens with zero attached hydrogens (tertiary/aromatic N) is 1. The fraction of sp³-hybridized carbons (Fsp3) is 0.0833. The molecule has 0 fully saturated rings. The number of nitrogens with one attached hydrogen (secondary N) is 1. The summed E-state index contributed by atoms with van der Waals surface area (Å²) in [5.41, 5.74) is 6.30. The average molecular weight is 284 g/mol. The Bertz CT molecular complexity index is 535. The van der Waals surface area contributed by atoms with Crippen LogP contribution in [0, 0.1) is 0 Å². The number of nitrogens with two attached hydrogens (primary N) is 1. The van der Waals surface area contributed by atoms with E-state index in [0.29, 0.717) is 27.4 Å². The molecule has 0 saturated heterocycles. The fourth-order valence-corrected chi connectivity index (χ4v) is 1.94. The van der Waals surface area contributed by atoms with Gasteiger partial charge in [0.2, 0.25) is 0 Å². The first-order valence-electron chi connectivity index (χ1n) is 5.16. The third-order valence-electron chi connectivity index (χ3n) is 2.27. The zero-order valence-electron chi connectivity index (χ0n) is 9.58. The summed E-state index contributed by atoms with van der Waals surface area (Å²) < 4.78 is 5.58. The Morgan fingerprint density at radius 2 is 1.89 bits per heavy atom. The van der Waals surface area contributed by atoms with Crippen molar-refractivity contribution in [2.45, 2.75) is 0 Å². The van der Waals surface area contributed by atoms with Gasteiger partial charge in [0.1, 0.15) is 11.6 Å². The first-order valence-corrected chi connectivity index (χ1v) is 5.92. The molecule has 0 saturated carbocycles. The molecule has 3 N–H and O–H groups in total. The maximum Gasteiger partial charge on any atom is 0.164 e. The van der Waals surface area contributed by atoms with E-state index in [1.807, 2.05) is 0 Å². The Morgan fingerprint density at radius 1 is 1.22 bits per heavy atom. The molecule has 2 rings (SSSR count). The predicted octanol–water partition coefficient (Wildman–Crippen LogP) is 3.80. The van der Waals surface area contributed by atoms with E-state index in [4.69, 9.17) is 33.7 Å². The highest BCUT2D eigenvalue weighted by molar-refractivity contribution is 6.37. The maximum atomic E-state index is 6.10. The van der Waals surface area contributed by atoms with Crippen LogP contribution in [0.5, 0.6) is 11.5 Å². The van der Waals surface area contributed by atoms with E-state index in [9.17, 15) is 0 Å². The monoisotopic (exact) mass is 283 g/mol. The van der Waals surface area contributed by atoms with Crippen molar-refractivity contribution in [2.24, 2.45) is 0 Å². The van der Waals surface area contributed by atoms with E-state index in [1.165, 1.54) is 6.20 Å². The second-order valence-electron chi connectivity index (χ2n) is 3.54. The van der Waals surface area contributed by atoms with Crippen molar-refractivity contribution >= 4 is 34.7 Å². The number of halogens is 2. The molecule has 1 aromatic heterocycles. The van der Waals surface area contributed by atoms with E-state index in [-0.39, 0.29) is 0 Å². The first-order chi connectivity index (χ1) is 8.60. The lowest BCUT2D eigenvalue weighted by molar-refractivity contribution is 0.481. The van der Waals surface area contributed by atoms with Gasteiger partial charge in [0, 0.05) is 12.7 Å². The van der Waals surface area contributed by atoms with Gasteiger partial charge in [0.15, 0.2) is 5.75 Å². The van der Waals surface area contributed by atoms with E-state index >= 15 is 0 Å². The van der Waals surface area contributed by atoms with Crippen LogP contribution in [0.1, 0.15) is 0 Å². The summed E-state index contributed by atoms with van der Waals surface area (Å²) in [6, 6.07) is 6.79. The fourth-order valence-electron chi connectivity index (χ4n) is 1.37. The molecular weight excluding hydrogens is 273 g/mol. The van der Waals surface area contributed by atoms with Crippen LogP contribution in [0.15, 0.2) is 30.5 Å². The summed E-state index contributed by atoms with van der Waals surface area (Å²) in [4.78, 5) is 3.92. The molecule has 0 aliphatic rings. The number of aromatic nitrogens is 1. The highest BCUT2D eigenvalue weighted by atomic mass is 35.5. The number of hydrogen-bond acceptors (Lipinski definition) is 4. The standard InChI is InChI=1S/C12H11Cl2N3O/c1-16-7-4-9(13)12(10(14)5-7)18-8-2-3-11(15)17-6-8/h2-6,16H,1H3,(H2,15,17). The summed E-state index contributed by atoms with van der Waals surface area (Å²) in [5.74, 6) is 1.33. The molecule has 0 unspecified atom stereocenters. The summed E-state index contributed by atoms with van der Waals surface area (Å²) in [7, 11) is 1.78. The Morgan fingerprint density at radius 3 is 2.39 bits per heavy atom. The Hall–Kier alpha value is -1.65. The third kappa shape index (κ3) is 2.78. The van der Waals surface area contributed by atoms with Crippen molar-refractivity contribution in [1.29, 1.82) is 0 Å². The summed E-state index contributed by atoms with van der Waals surface area (Å²) >= 11 is 12.2. The minimum absolute atomic E-state index is 0.393. The van der Waals surface area contributed by atoms with Gasteiger partial charge in [-0.25, -0.2) is 4.98 Å².